The molecule has 2 aromatic rings. The molecule has 138 valence electrons. The number of aromatic nitrogens is 1. The molecule has 1 aromatic carbocycles. The van der Waals surface area contributed by atoms with Crippen molar-refractivity contribution in [2.75, 3.05) is 26.0 Å². The number of carbonyl (C=O) groups excluding carboxylic acids is 2. The summed E-state index contributed by atoms with van der Waals surface area (Å²) in [4.78, 5) is 28.2. The van der Waals surface area contributed by atoms with E-state index in [1.165, 1.54) is 38.4 Å². The molecule has 26 heavy (non-hydrogen) atoms. The zero-order valence-corrected chi connectivity index (χ0v) is 15.5. The van der Waals surface area contributed by atoms with Gasteiger partial charge < -0.3 is 10.6 Å². The fourth-order valence-electron chi connectivity index (χ4n) is 2.07. The van der Waals surface area contributed by atoms with Crippen molar-refractivity contribution >= 4 is 27.7 Å². The minimum absolute atomic E-state index is 0.00330. The summed E-state index contributed by atoms with van der Waals surface area (Å²) in [6.07, 6.45) is 0. The molecule has 1 aromatic heterocycles. The maximum Gasteiger partial charge on any atom is 0.251 e. The van der Waals surface area contributed by atoms with E-state index in [9.17, 15) is 18.0 Å². The first-order valence-corrected chi connectivity index (χ1v) is 9.18. The molecular weight excluding hydrogens is 356 g/mol. The summed E-state index contributed by atoms with van der Waals surface area (Å²) in [5.41, 5.74) is 0.903. The third-order valence-corrected chi connectivity index (χ3v) is 5.25. The molecule has 0 saturated heterocycles. The van der Waals surface area contributed by atoms with Gasteiger partial charge in [-0.15, -0.1) is 0 Å². The predicted molar refractivity (Wildman–Crippen MR) is 97.3 cm³/mol. The van der Waals surface area contributed by atoms with E-state index in [-0.39, 0.29) is 17.0 Å². The number of benzene rings is 1. The van der Waals surface area contributed by atoms with Crippen LogP contribution in [0.5, 0.6) is 0 Å². The molecule has 0 unspecified atom stereocenters. The van der Waals surface area contributed by atoms with Crippen molar-refractivity contribution in [3.05, 3.63) is 53.7 Å². The van der Waals surface area contributed by atoms with Gasteiger partial charge in [0, 0.05) is 25.4 Å². The fourth-order valence-corrected chi connectivity index (χ4v) is 3.02. The summed E-state index contributed by atoms with van der Waals surface area (Å²) in [5, 5.41) is 5.03. The van der Waals surface area contributed by atoms with Gasteiger partial charge in [0.2, 0.25) is 15.9 Å². The molecule has 0 bridgehead atoms. The second kappa shape index (κ2) is 8.07. The molecule has 2 N–H and O–H groups in total. The molecule has 9 heteroatoms. The van der Waals surface area contributed by atoms with Crippen LogP contribution >= 0.6 is 0 Å². The van der Waals surface area contributed by atoms with E-state index in [2.05, 4.69) is 15.6 Å². The lowest BCUT2D eigenvalue weighted by Crippen LogP contribution is -2.33. The molecule has 0 aliphatic rings. The van der Waals surface area contributed by atoms with E-state index in [1.54, 1.807) is 25.1 Å². The molecule has 0 aliphatic carbocycles. The smallest absolute Gasteiger partial charge is 0.251 e. The number of nitrogens with one attached hydrogen (secondary N) is 2. The van der Waals surface area contributed by atoms with Gasteiger partial charge in [0.25, 0.3) is 5.91 Å². The molecule has 2 amide bonds. The molecule has 0 aliphatic heterocycles. The Balaban J connectivity index is 2.01. The van der Waals surface area contributed by atoms with Gasteiger partial charge in [-0.1, -0.05) is 12.1 Å². The Kier molecular flexibility index (Phi) is 6.06. The van der Waals surface area contributed by atoms with Gasteiger partial charge in [0.05, 0.1) is 11.4 Å². The predicted octanol–water partition coefficient (Wildman–Crippen LogP) is 1.01. The van der Waals surface area contributed by atoms with E-state index < -0.39 is 21.8 Å². The number of pyridine rings is 1. The maximum atomic E-state index is 12.2. The lowest BCUT2D eigenvalue weighted by Gasteiger charge is -2.12. The van der Waals surface area contributed by atoms with Crippen molar-refractivity contribution in [1.82, 2.24) is 14.6 Å². The minimum atomic E-state index is -3.64. The van der Waals surface area contributed by atoms with Crippen molar-refractivity contribution in [3.8, 4) is 0 Å². The van der Waals surface area contributed by atoms with Crippen molar-refractivity contribution < 1.29 is 18.0 Å². The molecule has 0 fully saturated rings. The third-order valence-electron chi connectivity index (χ3n) is 3.44. The van der Waals surface area contributed by atoms with Crippen LogP contribution in [-0.4, -0.2) is 50.2 Å². The van der Waals surface area contributed by atoms with Gasteiger partial charge in [0.15, 0.2) is 0 Å². The van der Waals surface area contributed by atoms with Crippen molar-refractivity contribution in [3.63, 3.8) is 0 Å². The van der Waals surface area contributed by atoms with Crippen LogP contribution in [0.2, 0.25) is 0 Å². The number of rotatable bonds is 6. The lowest BCUT2D eigenvalue weighted by atomic mass is 10.2. The first kappa shape index (κ1) is 19.5. The van der Waals surface area contributed by atoms with Crippen LogP contribution in [0.25, 0.3) is 0 Å². The Morgan fingerprint density at radius 2 is 1.81 bits per heavy atom. The van der Waals surface area contributed by atoms with Gasteiger partial charge in [0.1, 0.15) is 5.82 Å². The van der Waals surface area contributed by atoms with Gasteiger partial charge in [-0.25, -0.2) is 17.7 Å². The average Bonchev–Trinajstić information content (AvgIpc) is 2.59. The van der Waals surface area contributed by atoms with Crippen molar-refractivity contribution in [1.29, 1.82) is 0 Å². The van der Waals surface area contributed by atoms with Crippen LogP contribution in [0.4, 0.5) is 5.82 Å². The second-order valence-corrected chi connectivity index (χ2v) is 7.86. The van der Waals surface area contributed by atoms with E-state index in [0.717, 1.165) is 10.00 Å². The Bertz CT molecular complexity index is 926. The summed E-state index contributed by atoms with van der Waals surface area (Å²) in [5.74, 6) is -0.593. The number of nitrogens with zero attached hydrogens (tertiary/aromatic N) is 2. The average molecular weight is 376 g/mol. The maximum absolute atomic E-state index is 12.2. The molecule has 0 radical (unpaired) electrons. The number of aryl methyl sites for hydroxylation is 1. The highest BCUT2D eigenvalue weighted by Crippen LogP contribution is 2.14. The Hall–Kier alpha value is -2.78. The number of sulfonamides is 1. The van der Waals surface area contributed by atoms with Gasteiger partial charge in [-0.3, -0.25) is 9.59 Å². The summed E-state index contributed by atoms with van der Waals surface area (Å²) in [6.45, 7) is 1.53. The largest absolute Gasteiger partial charge is 0.343 e. The molecule has 8 nitrogen and oxygen atoms in total. The normalized spacial score (nSPS) is 11.2. The van der Waals surface area contributed by atoms with E-state index in [1.807, 2.05) is 0 Å². The molecule has 0 atom stereocenters. The van der Waals surface area contributed by atoms with Crippen LogP contribution in [0.1, 0.15) is 16.1 Å². The van der Waals surface area contributed by atoms with E-state index in [0.29, 0.717) is 5.82 Å². The summed E-state index contributed by atoms with van der Waals surface area (Å²) in [7, 11) is -0.826. The summed E-state index contributed by atoms with van der Waals surface area (Å²) >= 11 is 0. The van der Waals surface area contributed by atoms with Crippen LogP contribution in [0.15, 0.2) is 47.4 Å². The zero-order chi connectivity index (χ0) is 19.3. The zero-order valence-electron chi connectivity index (χ0n) is 14.7. The Morgan fingerprint density at radius 1 is 1.12 bits per heavy atom. The quantitative estimate of drug-likeness (QED) is 0.782. The van der Waals surface area contributed by atoms with Gasteiger partial charge in [-0.05, 0) is 37.3 Å². The number of hydrogen-bond donors (Lipinski definition) is 2. The SMILES string of the molecule is Cc1cccc(NC(=O)CNC(=O)c2cccc(S(=O)(=O)N(C)C)c2)n1. The molecule has 0 saturated carbocycles. The van der Waals surface area contributed by atoms with Gasteiger partial charge in [-0.2, -0.15) is 0 Å². The number of anilines is 1. The van der Waals surface area contributed by atoms with Crippen LogP contribution in [-0.2, 0) is 14.8 Å². The highest BCUT2D eigenvalue weighted by atomic mass is 32.2. The van der Waals surface area contributed by atoms with Crippen LogP contribution in [0.3, 0.4) is 0 Å². The van der Waals surface area contributed by atoms with Crippen molar-refractivity contribution in [2.24, 2.45) is 0 Å². The third kappa shape index (κ3) is 4.87. The summed E-state index contributed by atoms with van der Waals surface area (Å²) in [6, 6.07) is 10.8. The minimum Gasteiger partial charge on any atom is -0.343 e. The van der Waals surface area contributed by atoms with Crippen LogP contribution in [0, 0.1) is 6.92 Å². The second-order valence-electron chi connectivity index (χ2n) is 5.71. The number of carbonyl (C=O) groups is 2. The first-order valence-electron chi connectivity index (χ1n) is 7.74. The van der Waals surface area contributed by atoms with Gasteiger partial charge >= 0.3 is 0 Å². The molecule has 2 rings (SSSR count). The highest BCUT2D eigenvalue weighted by molar-refractivity contribution is 7.89. The van der Waals surface area contributed by atoms with E-state index >= 15 is 0 Å². The first-order chi connectivity index (χ1) is 12.2. The molecular formula is C17H20N4O4S. The number of hydrogen-bond acceptors (Lipinski definition) is 5. The highest BCUT2D eigenvalue weighted by Gasteiger charge is 2.19. The Morgan fingerprint density at radius 3 is 2.46 bits per heavy atom. The fraction of sp³-hybridized carbons (Fsp3) is 0.235. The van der Waals surface area contributed by atoms with Crippen molar-refractivity contribution in [2.45, 2.75) is 11.8 Å². The standard InChI is InChI=1S/C17H20N4O4S/c1-12-6-4-9-15(19-12)20-16(22)11-18-17(23)13-7-5-8-14(10-13)26(24,25)21(2)3/h4-10H,11H2,1-3H3,(H,18,23)(H,19,20,22). The topological polar surface area (TPSA) is 108 Å². The summed E-state index contributed by atoms with van der Waals surface area (Å²) < 4.78 is 25.3. The van der Waals surface area contributed by atoms with E-state index in [4.69, 9.17) is 0 Å². The monoisotopic (exact) mass is 376 g/mol. The van der Waals surface area contributed by atoms with Crippen LogP contribution < -0.4 is 10.6 Å². The Labute approximate surface area is 152 Å². The molecule has 1 heterocycles. The lowest BCUT2D eigenvalue weighted by molar-refractivity contribution is -0.115. The molecule has 0 spiro atoms. The number of amides is 2.